The van der Waals surface area contributed by atoms with Crippen molar-refractivity contribution in [2.45, 2.75) is 44.6 Å². The van der Waals surface area contributed by atoms with E-state index in [1.165, 1.54) is 0 Å². The number of nitrogens with one attached hydrogen (secondary N) is 1. The van der Waals surface area contributed by atoms with Gasteiger partial charge >= 0.3 is 0 Å². The molecule has 1 saturated heterocycles. The summed E-state index contributed by atoms with van der Waals surface area (Å²) in [4.78, 5) is 0. The highest BCUT2D eigenvalue weighted by Crippen LogP contribution is 2.37. The van der Waals surface area contributed by atoms with Crippen LogP contribution in [0.15, 0.2) is 0 Å². The Kier molecular flexibility index (Phi) is 3.10. The largest absolute Gasteiger partial charge is 0.413 e. The number of alkyl halides is 1. The van der Waals surface area contributed by atoms with Crippen molar-refractivity contribution in [3.63, 3.8) is 0 Å². The predicted octanol–water partition coefficient (Wildman–Crippen LogP) is 2.32. The molecule has 0 unspecified atom stereocenters. The number of halogens is 1. The average Bonchev–Trinajstić information content (AvgIpc) is 1.95. The molecule has 0 aromatic rings. The zero-order chi connectivity index (χ0) is 11.0. The molecule has 2 nitrogen and oxygen atoms in total. The van der Waals surface area contributed by atoms with Crippen LogP contribution in [-0.2, 0) is 4.43 Å². The van der Waals surface area contributed by atoms with Crippen LogP contribution in [0.25, 0.3) is 0 Å². The smallest absolute Gasteiger partial charge is 0.192 e. The van der Waals surface area contributed by atoms with Gasteiger partial charge in [-0.2, -0.15) is 0 Å². The van der Waals surface area contributed by atoms with Crippen LogP contribution in [0.3, 0.4) is 0 Å². The molecule has 0 radical (unpaired) electrons. The molecule has 1 heterocycles. The topological polar surface area (TPSA) is 21.3 Å². The van der Waals surface area contributed by atoms with E-state index in [1.54, 1.807) is 0 Å². The molecule has 1 N–H and O–H groups in total. The van der Waals surface area contributed by atoms with Gasteiger partial charge in [-0.1, -0.05) is 20.8 Å². The molecule has 14 heavy (non-hydrogen) atoms. The number of hydrogen-bond donors (Lipinski definition) is 1. The first-order valence-corrected chi connectivity index (χ1v) is 8.11. The highest BCUT2D eigenvalue weighted by atomic mass is 28.4. The molecule has 0 atom stereocenters. The molecule has 1 fully saturated rings. The molecule has 1 aliphatic heterocycles. The van der Waals surface area contributed by atoms with Gasteiger partial charge in [0.1, 0.15) is 0 Å². The lowest BCUT2D eigenvalue weighted by atomic mass is 10.0. The maximum Gasteiger partial charge on any atom is 0.192 e. The van der Waals surface area contributed by atoms with E-state index in [2.05, 4.69) is 39.2 Å². The fourth-order valence-corrected chi connectivity index (χ4v) is 2.08. The van der Waals surface area contributed by atoms with Gasteiger partial charge in [-0.15, -0.1) is 0 Å². The Morgan fingerprint density at radius 1 is 1.36 bits per heavy atom. The summed E-state index contributed by atoms with van der Waals surface area (Å²) in [5.41, 5.74) is -1.10. The molecule has 0 bridgehead atoms. The van der Waals surface area contributed by atoms with E-state index >= 15 is 0 Å². The highest BCUT2D eigenvalue weighted by Gasteiger charge is 2.43. The van der Waals surface area contributed by atoms with Gasteiger partial charge in [0.2, 0.25) is 0 Å². The van der Waals surface area contributed by atoms with E-state index in [1.807, 2.05) is 0 Å². The van der Waals surface area contributed by atoms with Gasteiger partial charge in [0, 0.05) is 13.1 Å². The fourth-order valence-electron chi connectivity index (χ4n) is 1.02. The third kappa shape index (κ3) is 2.55. The molecule has 1 rings (SSSR count). The second kappa shape index (κ2) is 3.58. The van der Waals surface area contributed by atoms with Crippen molar-refractivity contribution in [1.29, 1.82) is 0 Å². The Balaban J connectivity index is 2.44. The molecule has 0 saturated carbocycles. The summed E-state index contributed by atoms with van der Waals surface area (Å²) in [7, 11) is -1.76. The van der Waals surface area contributed by atoms with Gasteiger partial charge in [0.05, 0.1) is 6.61 Å². The van der Waals surface area contributed by atoms with Crippen LogP contribution >= 0.6 is 0 Å². The summed E-state index contributed by atoms with van der Waals surface area (Å²) >= 11 is 0. The lowest BCUT2D eigenvalue weighted by molar-refractivity contribution is 0.0290. The Morgan fingerprint density at radius 2 is 1.86 bits per heavy atom. The van der Waals surface area contributed by atoms with Crippen LogP contribution in [-0.4, -0.2) is 33.7 Å². The maximum absolute atomic E-state index is 13.7. The lowest BCUT2D eigenvalue weighted by Crippen LogP contribution is -2.60. The van der Waals surface area contributed by atoms with Crippen LogP contribution in [0.5, 0.6) is 0 Å². The van der Waals surface area contributed by atoms with Crippen molar-refractivity contribution < 1.29 is 8.82 Å². The van der Waals surface area contributed by atoms with Crippen LogP contribution in [0.4, 0.5) is 4.39 Å². The maximum atomic E-state index is 13.7. The first-order valence-electron chi connectivity index (χ1n) is 5.20. The van der Waals surface area contributed by atoms with Crippen molar-refractivity contribution in [2.24, 2.45) is 0 Å². The standard InChI is InChI=1S/C10H22FNOSi/c1-9(2,3)14(4,5)13-8-10(11)6-12-7-10/h12H,6-8H2,1-5H3. The van der Waals surface area contributed by atoms with Crippen molar-refractivity contribution in [2.75, 3.05) is 19.7 Å². The first-order chi connectivity index (χ1) is 6.16. The molecule has 0 amide bonds. The Labute approximate surface area is 87.4 Å². The normalized spacial score (nSPS) is 21.9. The van der Waals surface area contributed by atoms with E-state index in [0.717, 1.165) is 0 Å². The van der Waals surface area contributed by atoms with Gasteiger partial charge in [-0.3, -0.25) is 0 Å². The third-order valence-corrected chi connectivity index (χ3v) is 7.86. The minimum atomic E-state index is -1.76. The Morgan fingerprint density at radius 3 is 2.14 bits per heavy atom. The summed E-state index contributed by atoms with van der Waals surface area (Å²) in [6.45, 7) is 12.0. The molecule has 4 heteroatoms. The summed E-state index contributed by atoms with van der Waals surface area (Å²) < 4.78 is 19.5. The van der Waals surface area contributed by atoms with Crippen molar-refractivity contribution in [3.05, 3.63) is 0 Å². The highest BCUT2D eigenvalue weighted by molar-refractivity contribution is 6.74. The SMILES string of the molecule is CC(C)(C)[Si](C)(C)OCC1(F)CNC1. The second-order valence-corrected chi connectivity index (χ2v) is 10.6. The summed E-state index contributed by atoms with van der Waals surface area (Å²) in [5, 5.41) is 3.10. The van der Waals surface area contributed by atoms with Gasteiger partial charge in [-0.25, -0.2) is 4.39 Å². The van der Waals surface area contributed by atoms with Crippen molar-refractivity contribution in [1.82, 2.24) is 5.32 Å². The summed E-state index contributed by atoms with van der Waals surface area (Å²) in [5.74, 6) is 0. The van der Waals surface area contributed by atoms with E-state index < -0.39 is 14.0 Å². The average molecular weight is 219 g/mol. The lowest BCUT2D eigenvalue weighted by Gasteiger charge is -2.41. The van der Waals surface area contributed by atoms with Crippen LogP contribution < -0.4 is 5.32 Å². The second-order valence-electron chi connectivity index (χ2n) is 5.80. The first kappa shape index (κ1) is 12.1. The molecular weight excluding hydrogens is 197 g/mol. The Bertz CT molecular complexity index is 209. The van der Waals surface area contributed by atoms with E-state index in [-0.39, 0.29) is 11.6 Å². The molecular formula is C10H22FNOSi. The molecule has 84 valence electrons. The van der Waals surface area contributed by atoms with Crippen molar-refractivity contribution in [3.8, 4) is 0 Å². The van der Waals surface area contributed by atoms with Gasteiger partial charge in [0.25, 0.3) is 0 Å². The summed E-state index contributed by atoms with van der Waals surface area (Å²) in [6.07, 6.45) is 0. The molecule has 0 aliphatic carbocycles. The number of hydrogen-bond acceptors (Lipinski definition) is 2. The molecule has 0 aromatic carbocycles. The Hall–Kier alpha value is 0.0669. The number of rotatable bonds is 3. The van der Waals surface area contributed by atoms with Crippen LogP contribution in [0.1, 0.15) is 20.8 Å². The minimum absolute atomic E-state index is 0.167. The molecule has 1 aliphatic rings. The summed E-state index contributed by atoms with van der Waals surface area (Å²) in [6, 6.07) is 0. The fraction of sp³-hybridized carbons (Fsp3) is 1.00. The quantitative estimate of drug-likeness (QED) is 0.736. The zero-order valence-corrected chi connectivity index (χ0v) is 10.9. The van der Waals surface area contributed by atoms with Crippen LogP contribution in [0.2, 0.25) is 18.1 Å². The van der Waals surface area contributed by atoms with E-state index in [9.17, 15) is 4.39 Å². The van der Waals surface area contributed by atoms with E-state index in [4.69, 9.17) is 4.43 Å². The molecule has 0 aromatic heterocycles. The molecule has 0 spiro atoms. The van der Waals surface area contributed by atoms with Crippen molar-refractivity contribution >= 4 is 8.32 Å². The predicted molar refractivity (Wildman–Crippen MR) is 59.9 cm³/mol. The third-order valence-electron chi connectivity index (χ3n) is 3.38. The minimum Gasteiger partial charge on any atom is -0.413 e. The van der Waals surface area contributed by atoms with Gasteiger partial charge in [-0.05, 0) is 18.1 Å². The van der Waals surface area contributed by atoms with Gasteiger partial charge < -0.3 is 9.74 Å². The van der Waals surface area contributed by atoms with Crippen LogP contribution in [0, 0.1) is 0 Å². The zero-order valence-electron chi connectivity index (χ0n) is 9.91. The van der Waals surface area contributed by atoms with Gasteiger partial charge in [0.15, 0.2) is 14.0 Å². The monoisotopic (exact) mass is 219 g/mol. The van der Waals surface area contributed by atoms with E-state index in [0.29, 0.717) is 13.1 Å².